The van der Waals surface area contributed by atoms with Crippen molar-refractivity contribution in [3.8, 4) is 17.2 Å². The van der Waals surface area contributed by atoms with Crippen molar-refractivity contribution in [2.24, 2.45) is 0 Å². The van der Waals surface area contributed by atoms with Crippen LogP contribution in [-0.2, 0) is 16.0 Å². The molecule has 2 rings (SSSR count). The average Bonchev–Trinajstić information content (AvgIpc) is 2.69. The first-order valence-corrected chi connectivity index (χ1v) is 9.66. The van der Waals surface area contributed by atoms with Crippen molar-refractivity contribution in [1.29, 1.82) is 0 Å². The quantitative estimate of drug-likeness (QED) is 0.612. The monoisotopic (exact) mass is 420 g/mol. The van der Waals surface area contributed by atoms with Gasteiger partial charge in [-0.25, -0.2) is 9.18 Å². The molecule has 1 N–H and O–H groups in total. The molecule has 164 valence electrons. The number of hydrogen-bond donors (Lipinski definition) is 1. The Morgan fingerprint density at radius 1 is 1.03 bits per heavy atom. The molecule has 2 aromatic carbocycles. The zero-order valence-electron chi connectivity index (χ0n) is 18.0. The van der Waals surface area contributed by atoms with E-state index < -0.39 is 30.1 Å². The first-order chi connectivity index (χ1) is 14.1. The van der Waals surface area contributed by atoms with Gasteiger partial charge in [0.15, 0.2) is 29.7 Å². The summed E-state index contributed by atoms with van der Waals surface area (Å²) in [5.74, 6) is -0.0737. The van der Waals surface area contributed by atoms with Gasteiger partial charge >= 0.3 is 5.97 Å². The number of carbonyl (C=O) groups excluding carboxylic acids is 1. The van der Waals surface area contributed by atoms with Crippen LogP contribution in [-0.4, -0.2) is 37.5 Å². The largest absolute Gasteiger partial charge is 0.493 e. The van der Waals surface area contributed by atoms with Crippen molar-refractivity contribution < 1.29 is 33.2 Å². The van der Waals surface area contributed by atoms with Crippen LogP contribution in [0.15, 0.2) is 36.4 Å². The Morgan fingerprint density at radius 3 is 2.37 bits per heavy atom. The summed E-state index contributed by atoms with van der Waals surface area (Å²) in [6.07, 6.45) is 0.155. The Morgan fingerprint density at radius 2 is 1.73 bits per heavy atom. The van der Waals surface area contributed by atoms with E-state index in [0.29, 0.717) is 29.9 Å². The molecule has 2 aromatic rings. The third-order valence-electron chi connectivity index (χ3n) is 4.26. The summed E-state index contributed by atoms with van der Waals surface area (Å²) in [4.78, 5) is 11.8. The Balaban J connectivity index is 2.00. The predicted octanol–water partition coefficient (Wildman–Crippen LogP) is 4.23. The number of hydrogen-bond acceptors (Lipinski definition) is 6. The standard InChI is InChI=1S/C23H29FO6/c1-23(2,3)30-22(26)14-29-20-13-16(8-9-17(20)24)18(25)10-6-15-7-11-19(27-4)21(12-15)28-5/h7-9,11-13,18,25H,6,10,14H2,1-5H3. The minimum atomic E-state index is -0.831. The normalized spacial score (nSPS) is 12.2. The molecular formula is C23H29FO6. The topological polar surface area (TPSA) is 74.2 Å². The number of esters is 1. The molecule has 0 amide bonds. The van der Waals surface area contributed by atoms with Gasteiger partial charge in [0.1, 0.15) is 5.60 Å². The molecule has 0 aliphatic heterocycles. The number of methoxy groups -OCH3 is 2. The van der Waals surface area contributed by atoms with Gasteiger partial charge in [0.25, 0.3) is 0 Å². The van der Waals surface area contributed by atoms with E-state index in [2.05, 4.69) is 0 Å². The second-order valence-electron chi connectivity index (χ2n) is 7.81. The van der Waals surface area contributed by atoms with Gasteiger partial charge in [-0.15, -0.1) is 0 Å². The van der Waals surface area contributed by atoms with Crippen LogP contribution in [0.3, 0.4) is 0 Å². The molecule has 7 heteroatoms. The number of carbonyl (C=O) groups is 1. The molecule has 0 aliphatic carbocycles. The van der Waals surface area contributed by atoms with Crippen LogP contribution in [0.1, 0.15) is 44.4 Å². The number of rotatable bonds is 9. The van der Waals surface area contributed by atoms with E-state index in [1.54, 1.807) is 41.1 Å². The van der Waals surface area contributed by atoms with E-state index in [9.17, 15) is 14.3 Å². The highest BCUT2D eigenvalue weighted by Gasteiger charge is 2.18. The maximum absolute atomic E-state index is 14.0. The molecule has 1 unspecified atom stereocenters. The van der Waals surface area contributed by atoms with Crippen LogP contribution in [0, 0.1) is 5.82 Å². The van der Waals surface area contributed by atoms with E-state index in [1.807, 2.05) is 12.1 Å². The fourth-order valence-electron chi connectivity index (χ4n) is 2.85. The third-order valence-corrected chi connectivity index (χ3v) is 4.26. The van der Waals surface area contributed by atoms with Gasteiger partial charge in [-0.2, -0.15) is 0 Å². The van der Waals surface area contributed by atoms with Gasteiger partial charge in [-0.05, 0) is 69.0 Å². The van der Waals surface area contributed by atoms with E-state index in [-0.39, 0.29) is 5.75 Å². The SMILES string of the molecule is COc1ccc(CCC(O)c2ccc(F)c(OCC(=O)OC(C)(C)C)c2)cc1OC. The summed E-state index contributed by atoms with van der Waals surface area (Å²) in [5.41, 5.74) is 0.813. The molecule has 6 nitrogen and oxygen atoms in total. The summed E-state index contributed by atoms with van der Waals surface area (Å²) >= 11 is 0. The molecule has 30 heavy (non-hydrogen) atoms. The van der Waals surface area contributed by atoms with Crippen LogP contribution in [0.2, 0.25) is 0 Å². The number of ether oxygens (including phenoxy) is 4. The first kappa shape index (κ1) is 23.5. The predicted molar refractivity (Wildman–Crippen MR) is 111 cm³/mol. The third kappa shape index (κ3) is 6.91. The highest BCUT2D eigenvalue weighted by molar-refractivity contribution is 5.71. The molecule has 0 spiro atoms. The number of benzene rings is 2. The molecule has 0 saturated heterocycles. The van der Waals surface area contributed by atoms with Gasteiger partial charge in [-0.3, -0.25) is 0 Å². The second kappa shape index (κ2) is 10.3. The fraction of sp³-hybridized carbons (Fsp3) is 0.435. The maximum atomic E-state index is 14.0. The van der Waals surface area contributed by atoms with E-state index in [1.165, 1.54) is 18.2 Å². The minimum absolute atomic E-state index is 0.108. The summed E-state index contributed by atoms with van der Waals surface area (Å²) < 4.78 is 35.0. The van der Waals surface area contributed by atoms with Crippen molar-refractivity contribution in [2.45, 2.75) is 45.3 Å². The molecule has 0 aliphatic rings. The summed E-state index contributed by atoms with van der Waals surface area (Å²) in [7, 11) is 3.13. The molecule has 0 heterocycles. The first-order valence-electron chi connectivity index (χ1n) is 9.66. The second-order valence-corrected chi connectivity index (χ2v) is 7.81. The van der Waals surface area contributed by atoms with Gasteiger partial charge in [0, 0.05) is 0 Å². The molecule has 0 fully saturated rings. The van der Waals surface area contributed by atoms with Crippen LogP contribution < -0.4 is 14.2 Å². The molecular weight excluding hydrogens is 391 g/mol. The van der Waals surface area contributed by atoms with Crippen molar-refractivity contribution in [3.63, 3.8) is 0 Å². The average molecular weight is 420 g/mol. The lowest BCUT2D eigenvalue weighted by Crippen LogP contribution is -2.27. The van der Waals surface area contributed by atoms with Crippen molar-refractivity contribution in [3.05, 3.63) is 53.3 Å². The van der Waals surface area contributed by atoms with Gasteiger partial charge in [0.05, 0.1) is 20.3 Å². The smallest absolute Gasteiger partial charge is 0.344 e. The molecule has 0 bridgehead atoms. The number of aliphatic hydroxyl groups excluding tert-OH is 1. The summed E-state index contributed by atoms with van der Waals surface area (Å²) in [6.45, 7) is 4.79. The zero-order chi connectivity index (χ0) is 22.3. The highest BCUT2D eigenvalue weighted by Crippen LogP contribution is 2.30. The molecule has 0 radical (unpaired) electrons. The van der Waals surface area contributed by atoms with E-state index >= 15 is 0 Å². The Kier molecular flexibility index (Phi) is 8.06. The van der Waals surface area contributed by atoms with E-state index in [0.717, 1.165) is 5.56 Å². The van der Waals surface area contributed by atoms with Gasteiger partial charge < -0.3 is 24.1 Å². The zero-order valence-corrected chi connectivity index (χ0v) is 18.0. The minimum Gasteiger partial charge on any atom is -0.493 e. The molecule has 1 atom stereocenters. The summed E-state index contributed by atoms with van der Waals surface area (Å²) in [6, 6.07) is 9.66. The van der Waals surface area contributed by atoms with Crippen molar-refractivity contribution in [1.82, 2.24) is 0 Å². The van der Waals surface area contributed by atoms with Crippen LogP contribution in [0.4, 0.5) is 4.39 Å². The fourth-order valence-corrected chi connectivity index (χ4v) is 2.85. The number of aryl methyl sites for hydroxylation is 1. The lowest BCUT2D eigenvalue weighted by Gasteiger charge is -2.19. The molecule has 0 aromatic heterocycles. The van der Waals surface area contributed by atoms with Crippen LogP contribution >= 0.6 is 0 Å². The van der Waals surface area contributed by atoms with Crippen LogP contribution in [0.5, 0.6) is 17.2 Å². The highest BCUT2D eigenvalue weighted by atomic mass is 19.1. The maximum Gasteiger partial charge on any atom is 0.344 e. The Labute approximate surface area is 176 Å². The van der Waals surface area contributed by atoms with Crippen molar-refractivity contribution in [2.75, 3.05) is 20.8 Å². The Hall–Kier alpha value is -2.80. The van der Waals surface area contributed by atoms with Crippen LogP contribution in [0.25, 0.3) is 0 Å². The van der Waals surface area contributed by atoms with Gasteiger partial charge in [0.2, 0.25) is 0 Å². The Bertz CT molecular complexity index is 859. The van der Waals surface area contributed by atoms with Gasteiger partial charge in [-0.1, -0.05) is 12.1 Å². The lowest BCUT2D eigenvalue weighted by atomic mass is 10.0. The van der Waals surface area contributed by atoms with E-state index in [4.69, 9.17) is 18.9 Å². The lowest BCUT2D eigenvalue weighted by molar-refractivity contribution is -0.157. The molecule has 0 saturated carbocycles. The number of aliphatic hydroxyl groups is 1. The number of halogens is 1. The van der Waals surface area contributed by atoms with Crippen molar-refractivity contribution >= 4 is 5.97 Å². The summed E-state index contributed by atoms with van der Waals surface area (Å²) in [5, 5.41) is 10.5.